The molecular formula is C5H11BrN2. The molecule has 2 aliphatic rings. The van der Waals surface area contributed by atoms with Gasteiger partial charge in [0.05, 0.1) is 0 Å². The van der Waals surface area contributed by atoms with Gasteiger partial charge < -0.3 is 10.6 Å². The number of hydrogen-bond donors (Lipinski definition) is 2. The largest absolute Gasteiger partial charge is 0.311 e. The molecule has 3 heteroatoms. The van der Waals surface area contributed by atoms with Crippen LogP contribution in [0.1, 0.15) is 6.42 Å². The SMILES string of the molecule is Br.C1N[C@@H]2CN[C@H]1C2. The molecular weight excluding hydrogens is 168 g/mol. The van der Waals surface area contributed by atoms with E-state index < -0.39 is 0 Å². The molecule has 0 aromatic heterocycles. The smallest absolute Gasteiger partial charge is 0.0208 e. The third-order valence-corrected chi connectivity index (χ3v) is 1.87. The third-order valence-electron chi connectivity index (χ3n) is 1.87. The van der Waals surface area contributed by atoms with Crippen LogP contribution in [0.15, 0.2) is 0 Å². The van der Waals surface area contributed by atoms with Gasteiger partial charge in [-0.1, -0.05) is 0 Å². The fourth-order valence-electron chi connectivity index (χ4n) is 1.44. The zero-order valence-corrected chi connectivity index (χ0v) is 6.40. The Bertz CT molecular complexity index is 68.5. The lowest BCUT2D eigenvalue weighted by Gasteiger charge is -2.10. The van der Waals surface area contributed by atoms with Crippen LogP contribution in [-0.4, -0.2) is 25.2 Å². The minimum absolute atomic E-state index is 0. The van der Waals surface area contributed by atoms with E-state index in [1.165, 1.54) is 19.5 Å². The first-order chi connectivity index (χ1) is 3.45. The Morgan fingerprint density at radius 1 is 1.00 bits per heavy atom. The Morgan fingerprint density at radius 2 is 1.50 bits per heavy atom. The molecule has 0 spiro atoms. The highest BCUT2D eigenvalue weighted by molar-refractivity contribution is 8.93. The van der Waals surface area contributed by atoms with Crippen molar-refractivity contribution in [1.29, 1.82) is 0 Å². The molecule has 2 fully saturated rings. The van der Waals surface area contributed by atoms with Gasteiger partial charge in [-0.05, 0) is 6.42 Å². The highest BCUT2D eigenvalue weighted by atomic mass is 79.9. The van der Waals surface area contributed by atoms with E-state index in [1.807, 2.05) is 0 Å². The molecule has 0 amide bonds. The summed E-state index contributed by atoms with van der Waals surface area (Å²) in [5, 5.41) is 6.79. The average Bonchev–Trinajstić information content (AvgIpc) is 2.22. The predicted octanol–water partition coefficient (Wildman–Crippen LogP) is -0.102. The van der Waals surface area contributed by atoms with Crippen molar-refractivity contribution in [2.75, 3.05) is 13.1 Å². The van der Waals surface area contributed by atoms with Crippen LogP contribution in [0.25, 0.3) is 0 Å². The molecule has 2 N–H and O–H groups in total. The number of hydrogen-bond acceptors (Lipinski definition) is 2. The van der Waals surface area contributed by atoms with Gasteiger partial charge in [0.2, 0.25) is 0 Å². The monoisotopic (exact) mass is 178 g/mol. The van der Waals surface area contributed by atoms with Crippen molar-refractivity contribution >= 4 is 17.0 Å². The maximum atomic E-state index is 3.39. The van der Waals surface area contributed by atoms with Gasteiger partial charge in [-0.15, -0.1) is 17.0 Å². The lowest BCUT2D eigenvalue weighted by Crippen LogP contribution is -2.39. The lowest BCUT2D eigenvalue weighted by molar-refractivity contribution is 0.528. The molecule has 2 bridgehead atoms. The normalized spacial score (nSPS) is 42.0. The fourth-order valence-corrected chi connectivity index (χ4v) is 1.44. The van der Waals surface area contributed by atoms with Crippen molar-refractivity contribution in [2.24, 2.45) is 0 Å². The molecule has 0 saturated carbocycles. The van der Waals surface area contributed by atoms with E-state index in [4.69, 9.17) is 0 Å². The van der Waals surface area contributed by atoms with Crippen molar-refractivity contribution in [2.45, 2.75) is 18.5 Å². The number of piperazine rings is 1. The predicted molar refractivity (Wildman–Crippen MR) is 38.5 cm³/mol. The van der Waals surface area contributed by atoms with E-state index in [9.17, 15) is 0 Å². The van der Waals surface area contributed by atoms with Crippen molar-refractivity contribution in [3.05, 3.63) is 0 Å². The highest BCUT2D eigenvalue weighted by Crippen LogP contribution is 2.11. The molecule has 2 heterocycles. The first-order valence-corrected chi connectivity index (χ1v) is 2.92. The van der Waals surface area contributed by atoms with Crippen LogP contribution in [0.5, 0.6) is 0 Å². The molecule has 0 aromatic carbocycles. The Balaban J connectivity index is 0.000000320. The third kappa shape index (κ3) is 0.900. The Morgan fingerprint density at radius 3 is 1.62 bits per heavy atom. The summed E-state index contributed by atoms with van der Waals surface area (Å²) in [5.74, 6) is 0. The molecule has 0 aromatic rings. The van der Waals surface area contributed by atoms with E-state index >= 15 is 0 Å². The molecule has 2 atom stereocenters. The average molecular weight is 179 g/mol. The van der Waals surface area contributed by atoms with Crippen molar-refractivity contribution < 1.29 is 0 Å². The Labute approximate surface area is 59.8 Å². The van der Waals surface area contributed by atoms with E-state index in [0.717, 1.165) is 12.1 Å². The van der Waals surface area contributed by atoms with Gasteiger partial charge in [-0.3, -0.25) is 0 Å². The van der Waals surface area contributed by atoms with Crippen LogP contribution in [0.2, 0.25) is 0 Å². The van der Waals surface area contributed by atoms with E-state index in [2.05, 4.69) is 10.6 Å². The second-order valence-electron chi connectivity index (χ2n) is 2.45. The number of fused-ring (bicyclic) bond motifs is 2. The second-order valence-corrected chi connectivity index (χ2v) is 2.45. The van der Waals surface area contributed by atoms with Gasteiger partial charge in [0.1, 0.15) is 0 Å². The number of nitrogens with one attached hydrogen (secondary N) is 2. The summed E-state index contributed by atoms with van der Waals surface area (Å²) in [6.45, 7) is 2.40. The van der Waals surface area contributed by atoms with Crippen LogP contribution < -0.4 is 10.6 Å². The molecule has 0 unspecified atom stereocenters. The summed E-state index contributed by atoms with van der Waals surface area (Å²) in [7, 11) is 0. The molecule has 0 radical (unpaired) electrons. The Kier molecular flexibility index (Phi) is 1.90. The first-order valence-electron chi connectivity index (χ1n) is 2.92. The lowest BCUT2D eigenvalue weighted by atomic mass is 10.3. The van der Waals surface area contributed by atoms with Crippen LogP contribution in [0.3, 0.4) is 0 Å². The summed E-state index contributed by atoms with van der Waals surface area (Å²) < 4.78 is 0. The summed E-state index contributed by atoms with van der Waals surface area (Å²) in [6.07, 6.45) is 1.36. The van der Waals surface area contributed by atoms with Gasteiger partial charge >= 0.3 is 0 Å². The standard InChI is InChI=1S/C5H10N2.BrH/c1-4-2-6-5(1)3-7-4;/h4-7H,1-3H2;1H/t4-,5-;/m0./s1. The highest BCUT2D eigenvalue weighted by Gasteiger charge is 2.29. The van der Waals surface area contributed by atoms with Crippen LogP contribution in [0, 0.1) is 0 Å². The van der Waals surface area contributed by atoms with Crippen molar-refractivity contribution in [1.82, 2.24) is 10.6 Å². The number of halogens is 1. The molecule has 0 aliphatic carbocycles. The van der Waals surface area contributed by atoms with Crippen molar-refractivity contribution in [3.8, 4) is 0 Å². The maximum Gasteiger partial charge on any atom is 0.0208 e. The fraction of sp³-hybridized carbons (Fsp3) is 1.00. The quantitative estimate of drug-likeness (QED) is 0.542. The second kappa shape index (κ2) is 2.33. The summed E-state index contributed by atoms with van der Waals surface area (Å²) in [4.78, 5) is 0. The van der Waals surface area contributed by atoms with Gasteiger partial charge in [-0.2, -0.15) is 0 Å². The zero-order valence-electron chi connectivity index (χ0n) is 4.68. The number of rotatable bonds is 0. The molecule has 2 aliphatic heterocycles. The van der Waals surface area contributed by atoms with E-state index in [1.54, 1.807) is 0 Å². The van der Waals surface area contributed by atoms with Crippen molar-refractivity contribution in [3.63, 3.8) is 0 Å². The molecule has 2 saturated heterocycles. The van der Waals surface area contributed by atoms with Gasteiger partial charge in [0.15, 0.2) is 0 Å². The van der Waals surface area contributed by atoms with Crippen LogP contribution >= 0.6 is 17.0 Å². The van der Waals surface area contributed by atoms with Gasteiger partial charge in [-0.25, -0.2) is 0 Å². The topological polar surface area (TPSA) is 24.1 Å². The molecule has 48 valence electrons. The molecule has 8 heavy (non-hydrogen) atoms. The van der Waals surface area contributed by atoms with Crippen LogP contribution in [0.4, 0.5) is 0 Å². The Hall–Kier alpha value is 0.400. The molecule has 2 nitrogen and oxygen atoms in total. The minimum Gasteiger partial charge on any atom is -0.311 e. The molecule has 2 rings (SSSR count). The zero-order chi connectivity index (χ0) is 4.69. The van der Waals surface area contributed by atoms with Gasteiger partial charge in [0, 0.05) is 25.2 Å². The summed E-state index contributed by atoms with van der Waals surface area (Å²) >= 11 is 0. The van der Waals surface area contributed by atoms with Crippen LogP contribution in [-0.2, 0) is 0 Å². The summed E-state index contributed by atoms with van der Waals surface area (Å²) in [5.41, 5.74) is 0. The minimum atomic E-state index is 0. The van der Waals surface area contributed by atoms with E-state index in [-0.39, 0.29) is 17.0 Å². The first kappa shape index (κ1) is 6.52. The maximum absolute atomic E-state index is 3.39. The summed E-state index contributed by atoms with van der Waals surface area (Å²) in [6, 6.07) is 1.62. The van der Waals surface area contributed by atoms with E-state index in [0.29, 0.717) is 0 Å². The van der Waals surface area contributed by atoms with Gasteiger partial charge in [0.25, 0.3) is 0 Å².